The van der Waals surface area contributed by atoms with Gasteiger partial charge in [0.25, 0.3) is 0 Å². The van der Waals surface area contributed by atoms with Crippen LogP contribution < -0.4 is 0 Å². The van der Waals surface area contributed by atoms with Crippen molar-refractivity contribution in [1.29, 1.82) is 0 Å². The number of H-pyrrole nitrogens is 2. The molecule has 2 amide bonds. The number of hydrogen-bond donors (Lipinski definition) is 2. The Bertz CT molecular complexity index is 1990. The molecule has 276 valence electrons. The number of aromatic nitrogens is 6. The Morgan fingerprint density at radius 3 is 1.46 bits per heavy atom. The Hall–Kier alpha value is -5.90. The third-order valence-electron chi connectivity index (χ3n) is 10.7. The molecule has 10 nitrogen and oxygen atoms in total. The number of imidazole rings is 2. The van der Waals surface area contributed by atoms with E-state index in [4.69, 9.17) is 4.98 Å². The number of rotatable bonds is 9. The van der Waals surface area contributed by atoms with Crippen LogP contribution in [0.5, 0.6) is 0 Å². The molecule has 3 aromatic carbocycles. The largest absolute Gasteiger partial charge is 0.340 e. The normalized spacial score (nSPS) is 17.9. The number of nitrogens with zero attached hydrogens (tertiary/aromatic N) is 6. The molecule has 3 aromatic heterocycles. The van der Waals surface area contributed by atoms with Gasteiger partial charge in [-0.3, -0.25) is 9.59 Å². The third kappa shape index (κ3) is 7.46. The molecule has 4 atom stereocenters. The minimum atomic E-state index is -0.211. The summed E-state index contributed by atoms with van der Waals surface area (Å²) in [5.74, 6) is 2.08. The standard InChI is InChI=1S/C42H42N8O2.C2H6/c1-27(29-11-5-3-6-12-29)41(51)49-21-9-15-36(49)39-45-25-34(47-39)31-17-19-32(20-18-31)38-43-23-33(24-44-38)35-26-46-40(48-35)37-16-10-22-50(37)42(52)28(2)30-13-7-4-8-14-30;1-2/h3-8,11-14,17-20,23-28,36-37H,9-10,15-16,21-22H2,1-2H3,(H,45,47)(H,46,48);1-2H3/t27-,28-,36+,37+;/m1./s1. The number of benzene rings is 3. The van der Waals surface area contributed by atoms with Crippen molar-refractivity contribution >= 4 is 11.8 Å². The molecule has 10 heteroatoms. The highest BCUT2D eigenvalue weighted by molar-refractivity contribution is 5.84. The lowest BCUT2D eigenvalue weighted by atomic mass is 9.99. The smallest absolute Gasteiger partial charge is 0.230 e. The number of nitrogens with one attached hydrogen (secondary N) is 2. The molecule has 0 saturated carbocycles. The lowest BCUT2D eigenvalue weighted by Crippen LogP contribution is -2.34. The molecule has 2 N–H and O–H groups in total. The fourth-order valence-corrected chi connectivity index (χ4v) is 7.62. The third-order valence-corrected chi connectivity index (χ3v) is 10.7. The Morgan fingerprint density at radius 2 is 1.00 bits per heavy atom. The molecule has 2 aliphatic heterocycles. The highest BCUT2D eigenvalue weighted by Crippen LogP contribution is 2.36. The van der Waals surface area contributed by atoms with Crippen LogP contribution in [0.4, 0.5) is 0 Å². The Morgan fingerprint density at radius 1 is 0.574 bits per heavy atom. The summed E-state index contributed by atoms with van der Waals surface area (Å²) in [6.45, 7) is 9.42. The molecule has 2 fully saturated rings. The van der Waals surface area contributed by atoms with Crippen molar-refractivity contribution in [3.05, 3.63) is 132 Å². The van der Waals surface area contributed by atoms with Crippen LogP contribution in [0.15, 0.2) is 110 Å². The average Bonchev–Trinajstić information content (AvgIpc) is 4.09. The van der Waals surface area contributed by atoms with E-state index in [1.807, 2.05) is 129 Å². The monoisotopic (exact) mass is 720 g/mol. The van der Waals surface area contributed by atoms with E-state index in [0.29, 0.717) is 5.82 Å². The van der Waals surface area contributed by atoms with E-state index < -0.39 is 0 Å². The molecule has 0 aliphatic carbocycles. The van der Waals surface area contributed by atoms with E-state index in [2.05, 4.69) is 24.9 Å². The molecule has 5 heterocycles. The molecular formula is C44H48N8O2. The SMILES string of the molecule is CC.C[C@@H](C(=O)N1CCC[C@H]1c1ncc(-c2ccc(-c3ncc(-c4cnc([C@@H]5CCCN5C(=O)[C@H](C)c5ccccc5)[nH]4)cn3)cc2)[nH]1)c1ccccc1. The van der Waals surface area contributed by atoms with Crippen LogP contribution in [0.3, 0.4) is 0 Å². The predicted molar refractivity (Wildman–Crippen MR) is 211 cm³/mol. The minimum Gasteiger partial charge on any atom is -0.340 e. The summed E-state index contributed by atoms with van der Waals surface area (Å²) in [7, 11) is 0. The number of amides is 2. The molecule has 0 spiro atoms. The molecule has 0 unspecified atom stereocenters. The Balaban J connectivity index is 0.00000221. The van der Waals surface area contributed by atoms with Gasteiger partial charge in [-0.05, 0) is 56.2 Å². The van der Waals surface area contributed by atoms with Gasteiger partial charge in [-0.15, -0.1) is 0 Å². The summed E-state index contributed by atoms with van der Waals surface area (Å²) in [5, 5.41) is 0. The van der Waals surface area contributed by atoms with Crippen molar-refractivity contribution in [3.8, 4) is 33.9 Å². The van der Waals surface area contributed by atoms with Gasteiger partial charge in [0.15, 0.2) is 5.82 Å². The van der Waals surface area contributed by atoms with E-state index in [0.717, 1.165) is 89.6 Å². The average molecular weight is 721 g/mol. The number of likely N-dealkylation sites (tertiary alicyclic amines) is 2. The molecule has 2 saturated heterocycles. The molecule has 8 rings (SSSR count). The van der Waals surface area contributed by atoms with Crippen LogP contribution in [0, 0.1) is 0 Å². The topological polar surface area (TPSA) is 124 Å². The summed E-state index contributed by atoms with van der Waals surface area (Å²) >= 11 is 0. The summed E-state index contributed by atoms with van der Waals surface area (Å²) in [6, 6.07) is 27.8. The van der Waals surface area contributed by atoms with Crippen molar-refractivity contribution in [2.24, 2.45) is 0 Å². The highest BCUT2D eigenvalue weighted by atomic mass is 16.2. The Labute approximate surface area is 317 Å². The van der Waals surface area contributed by atoms with Gasteiger partial charge < -0.3 is 19.8 Å². The van der Waals surface area contributed by atoms with Crippen LogP contribution in [0.25, 0.3) is 33.9 Å². The van der Waals surface area contributed by atoms with Crippen molar-refractivity contribution in [2.75, 3.05) is 13.1 Å². The number of carbonyl (C=O) groups is 2. The van der Waals surface area contributed by atoms with Gasteiger partial charge in [0.2, 0.25) is 11.8 Å². The quantitative estimate of drug-likeness (QED) is 0.154. The summed E-state index contributed by atoms with van der Waals surface area (Å²) < 4.78 is 0. The van der Waals surface area contributed by atoms with Crippen molar-refractivity contribution < 1.29 is 9.59 Å². The second kappa shape index (κ2) is 16.4. The molecule has 0 radical (unpaired) electrons. The van der Waals surface area contributed by atoms with Gasteiger partial charge in [-0.1, -0.05) is 98.8 Å². The van der Waals surface area contributed by atoms with Crippen LogP contribution in [-0.2, 0) is 9.59 Å². The van der Waals surface area contributed by atoms with Gasteiger partial charge in [0.05, 0.1) is 47.7 Å². The van der Waals surface area contributed by atoms with E-state index in [9.17, 15) is 9.59 Å². The number of hydrogen-bond acceptors (Lipinski definition) is 6. The Kier molecular flexibility index (Phi) is 11.1. The summed E-state index contributed by atoms with van der Waals surface area (Å²) in [6.07, 6.45) is 10.9. The maximum absolute atomic E-state index is 13.5. The van der Waals surface area contributed by atoms with Gasteiger partial charge in [-0.25, -0.2) is 19.9 Å². The first-order chi connectivity index (χ1) is 26.4. The molecule has 6 aromatic rings. The van der Waals surface area contributed by atoms with Gasteiger partial charge in [0, 0.05) is 36.6 Å². The number of aromatic amines is 2. The van der Waals surface area contributed by atoms with Crippen LogP contribution in [0.2, 0.25) is 0 Å². The maximum Gasteiger partial charge on any atom is 0.230 e. The fraction of sp³-hybridized carbons (Fsp3) is 0.318. The van der Waals surface area contributed by atoms with E-state index in [1.54, 1.807) is 18.6 Å². The van der Waals surface area contributed by atoms with E-state index >= 15 is 0 Å². The second-order valence-electron chi connectivity index (χ2n) is 13.9. The molecule has 0 bridgehead atoms. The van der Waals surface area contributed by atoms with Crippen LogP contribution >= 0.6 is 0 Å². The lowest BCUT2D eigenvalue weighted by Gasteiger charge is -2.26. The second-order valence-corrected chi connectivity index (χ2v) is 13.9. The lowest BCUT2D eigenvalue weighted by molar-refractivity contribution is -0.134. The summed E-state index contributed by atoms with van der Waals surface area (Å²) in [5.41, 5.74) is 6.50. The fourth-order valence-electron chi connectivity index (χ4n) is 7.62. The van der Waals surface area contributed by atoms with Crippen LogP contribution in [0.1, 0.15) is 100 Å². The molecule has 54 heavy (non-hydrogen) atoms. The van der Waals surface area contributed by atoms with Gasteiger partial charge >= 0.3 is 0 Å². The van der Waals surface area contributed by atoms with E-state index in [1.165, 1.54) is 0 Å². The molecule has 2 aliphatic rings. The highest BCUT2D eigenvalue weighted by Gasteiger charge is 2.36. The predicted octanol–water partition coefficient (Wildman–Crippen LogP) is 8.88. The van der Waals surface area contributed by atoms with Gasteiger partial charge in [-0.2, -0.15) is 0 Å². The summed E-state index contributed by atoms with van der Waals surface area (Å²) in [4.78, 5) is 56.6. The van der Waals surface area contributed by atoms with Crippen molar-refractivity contribution in [3.63, 3.8) is 0 Å². The van der Waals surface area contributed by atoms with Crippen LogP contribution in [-0.4, -0.2) is 64.6 Å². The van der Waals surface area contributed by atoms with E-state index in [-0.39, 0.29) is 35.7 Å². The zero-order valence-electron chi connectivity index (χ0n) is 31.4. The van der Waals surface area contributed by atoms with Gasteiger partial charge in [0.1, 0.15) is 11.6 Å². The first kappa shape index (κ1) is 36.5. The van der Waals surface area contributed by atoms with Crippen molar-refractivity contribution in [2.45, 2.75) is 77.3 Å². The maximum atomic E-state index is 13.5. The van der Waals surface area contributed by atoms with Crippen molar-refractivity contribution in [1.82, 2.24) is 39.7 Å². The zero-order valence-corrected chi connectivity index (χ0v) is 31.4. The first-order valence-electron chi connectivity index (χ1n) is 19.2. The minimum absolute atomic E-state index is 0.0625. The number of carbonyl (C=O) groups excluding carboxylic acids is 2. The molecular weight excluding hydrogens is 673 g/mol. The zero-order chi connectivity index (χ0) is 37.6. The first-order valence-corrected chi connectivity index (χ1v) is 19.2.